The molecule has 0 saturated carbocycles. The van der Waals surface area contributed by atoms with Gasteiger partial charge in [-0.15, -0.1) is 0 Å². The van der Waals surface area contributed by atoms with Gasteiger partial charge >= 0.3 is 0 Å². The average molecular weight is 230 g/mol. The summed E-state index contributed by atoms with van der Waals surface area (Å²) in [6, 6.07) is 6.01. The second-order valence-electron chi connectivity index (χ2n) is 3.73. The van der Waals surface area contributed by atoms with Crippen LogP contribution in [0.15, 0.2) is 24.4 Å². The van der Waals surface area contributed by atoms with Crippen LogP contribution in [0.5, 0.6) is 0 Å². The number of aryl methyl sites for hydroxylation is 2. The van der Waals surface area contributed by atoms with E-state index in [4.69, 9.17) is 5.26 Å². The number of rotatable bonds is 2. The van der Waals surface area contributed by atoms with E-state index < -0.39 is 5.82 Å². The second-order valence-corrected chi connectivity index (χ2v) is 3.73. The van der Waals surface area contributed by atoms with Gasteiger partial charge in [-0.05, 0) is 25.1 Å². The minimum absolute atomic E-state index is 0.272. The predicted octanol–water partition coefficient (Wildman–Crippen LogP) is 2.48. The smallest absolute Gasteiger partial charge is 0.124 e. The Kier molecular flexibility index (Phi) is 2.79. The Morgan fingerprint density at radius 3 is 2.76 bits per heavy atom. The van der Waals surface area contributed by atoms with Crippen molar-refractivity contribution in [3.05, 3.63) is 41.5 Å². The molecule has 0 spiro atoms. The highest BCUT2D eigenvalue weighted by molar-refractivity contribution is 5.67. The maximum Gasteiger partial charge on any atom is 0.124 e. The number of hydrogen-bond donors (Lipinski definition) is 1. The molecule has 5 heteroatoms. The monoisotopic (exact) mass is 230 g/mol. The zero-order valence-corrected chi connectivity index (χ0v) is 9.53. The summed E-state index contributed by atoms with van der Waals surface area (Å²) < 4.78 is 14.6. The summed E-state index contributed by atoms with van der Waals surface area (Å²) in [5.41, 5.74) is 2.47. The number of nitriles is 1. The summed E-state index contributed by atoms with van der Waals surface area (Å²) in [7, 11) is 1.81. The van der Waals surface area contributed by atoms with E-state index in [0.29, 0.717) is 5.69 Å². The largest absolute Gasteiger partial charge is 0.352 e. The summed E-state index contributed by atoms with van der Waals surface area (Å²) in [5.74, 6) is -0.421. The second kappa shape index (κ2) is 4.26. The van der Waals surface area contributed by atoms with Crippen LogP contribution in [0.1, 0.15) is 11.3 Å². The zero-order valence-electron chi connectivity index (χ0n) is 9.53. The van der Waals surface area contributed by atoms with Crippen LogP contribution >= 0.6 is 0 Å². The molecular formula is C12H11FN4. The van der Waals surface area contributed by atoms with Crippen molar-refractivity contribution in [2.24, 2.45) is 7.05 Å². The van der Waals surface area contributed by atoms with Crippen LogP contribution in [0, 0.1) is 24.1 Å². The number of hydrogen-bond acceptors (Lipinski definition) is 3. The quantitative estimate of drug-likeness (QED) is 0.862. The highest BCUT2D eigenvalue weighted by Gasteiger charge is 2.07. The number of nitrogens with zero attached hydrogens (tertiary/aromatic N) is 3. The van der Waals surface area contributed by atoms with E-state index in [-0.39, 0.29) is 5.56 Å². The van der Waals surface area contributed by atoms with Crippen molar-refractivity contribution < 1.29 is 4.39 Å². The SMILES string of the molecule is Cc1nn(C)cc1Nc1ccc(F)cc1C#N. The minimum atomic E-state index is -0.421. The van der Waals surface area contributed by atoms with Gasteiger partial charge in [0.1, 0.15) is 11.9 Å². The van der Waals surface area contributed by atoms with Gasteiger partial charge in [0.15, 0.2) is 0 Å². The first kappa shape index (κ1) is 11.1. The van der Waals surface area contributed by atoms with Gasteiger partial charge in [0.2, 0.25) is 0 Å². The third-order valence-corrected chi connectivity index (χ3v) is 2.38. The number of aromatic nitrogens is 2. The molecule has 2 aromatic rings. The van der Waals surface area contributed by atoms with Crippen LogP contribution in [-0.2, 0) is 7.05 Å². The fourth-order valence-corrected chi connectivity index (χ4v) is 1.59. The van der Waals surface area contributed by atoms with Gasteiger partial charge in [-0.2, -0.15) is 10.4 Å². The lowest BCUT2D eigenvalue weighted by molar-refractivity contribution is 0.627. The number of halogens is 1. The molecule has 0 aliphatic rings. The van der Waals surface area contributed by atoms with Crippen molar-refractivity contribution in [3.8, 4) is 6.07 Å². The fraction of sp³-hybridized carbons (Fsp3) is 0.167. The van der Waals surface area contributed by atoms with Gasteiger partial charge in [0.25, 0.3) is 0 Å². The average Bonchev–Trinajstić information content (AvgIpc) is 2.60. The van der Waals surface area contributed by atoms with Crippen LogP contribution in [0.4, 0.5) is 15.8 Å². The molecule has 86 valence electrons. The molecule has 1 aromatic heterocycles. The van der Waals surface area contributed by atoms with Crippen LogP contribution in [0.25, 0.3) is 0 Å². The van der Waals surface area contributed by atoms with Gasteiger partial charge in [0.05, 0.1) is 22.6 Å². The number of benzene rings is 1. The third-order valence-electron chi connectivity index (χ3n) is 2.38. The van der Waals surface area contributed by atoms with E-state index in [1.165, 1.54) is 12.1 Å². The van der Waals surface area contributed by atoms with E-state index in [2.05, 4.69) is 10.4 Å². The Hall–Kier alpha value is -2.35. The summed E-state index contributed by atoms with van der Waals surface area (Å²) in [6.07, 6.45) is 1.81. The first-order valence-corrected chi connectivity index (χ1v) is 5.07. The lowest BCUT2D eigenvalue weighted by Crippen LogP contribution is -1.94. The predicted molar refractivity (Wildman–Crippen MR) is 62.3 cm³/mol. The first-order valence-electron chi connectivity index (χ1n) is 5.07. The van der Waals surface area contributed by atoms with Crippen molar-refractivity contribution in [2.75, 3.05) is 5.32 Å². The van der Waals surface area contributed by atoms with Gasteiger partial charge in [-0.3, -0.25) is 4.68 Å². The van der Waals surface area contributed by atoms with Crippen LogP contribution in [0.2, 0.25) is 0 Å². The lowest BCUT2D eigenvalue weighted by atomic mass is 10.2. The molecule has 0 bridgehead atoms. The summed E-state index contributed by atoms with van der Waals surface area (Å²) in [5, 5.41) is 16.2. The van der Waals surface area contributed by atoms with Crippen LogP contribution in [-0.4, -0.2) is 9.78 Å². The Bertz CT molecular complexity index is 595. The molecule has 1 N–H and O–H groups in total. The highest BCUT2D eigenvalue weighted by Crippen LogP contribution is 2.22. The van der Waals surface area contributed by atoms with Crippen molar-refractivity contribution >= 4 is 11.4 Å². The normalized spacial score (nSPS) is 10.0. The Balaban J connectivity index is 2.37. The van der Waals surface area contributed by atoms with E-state index in [1.807, 2.05) is 20.0 Å². The van der Waals surface area contributed by atoms with Gasteiger partial charge in [0, 0.05) is 13.2 Å². The van der Waals surface area contributed by atoms with Gasteiger partial charge in [-0.1, -0.05) is 0 Å². The Morgan fingerprint density at radius 1 is 1.41 bits per heavy atom. The van der Waals surface area contributed by atoms with Crippen molar-refractivity contribution in [1.82, 2.24) is 9.78 Å². The molecule has 0 aliphatic carbocycles. The molecule has 2 rings (SSSR count). The van der Waals surface area contributed by atoms with Gasteiger partial charge < -0.3 is 5.32 Å². The topological polar surface area (TPSA) is 53.6 Å². The Labute approximate surface area is 98.3 Å². The molecule has 4 nitrogen and oxygen atoms in total. The van der Waals surface area contributed by atoms with Crippen molar-refractivity contribution in [3.63, 3.8) is 0 Å². The molecule has 1 aromatic carbocycles. The fourth-order valence-electron chi connectivity index (χ4n) is 1.59. The van der Waals surface area contributed by atoms with Crippen LogP contribution in [0.3, 0.4) is 0 Å². The lowest BCUT2D eigenvalue weighted by Gasteiger charge is -2.06. The van der Waals surface area contributed by atoms with Crippen molar-refractivity contribution in [1.29, 1.82) is 5.26 Å². The van der Waals surface area contributed by atoms with E-state index in [9.17, 15) is 4.39 Å². The molecule has 17 heavy (non-hydrogen) atoms. The molecular weight excluding hydrogens is 219 g/mol. The highest BCUT2D eigenvalue weighted by atomic mass is 19.1. The van der Waals surface area contributed by atoms with Crippen LogP contribution < -0.4 is 5.32 Å². The number of nitrogens with one attached hydrogen (secondary N) is 1. The molecule has 1 heterocycles. The van der Waals surface area contributed by atoms with E-state index >= 15 is 0 Å². The summed E-state index contributed by atoms with van der Waals surface area (Å²) in [4.78, 5) is 0. The third kappa shape index (κ3) is 2.26. The first-order chi connectivity index (χ1) is 8.10. The minimum Gasteiger partial charge on any atom is -0.352 e. The molecule has 0 saturated heterocycles. The van der Waals surface area contributed by atoms with Crippen molar-refractivity contribution in [2.45, 2.75) is 6.92 Å². The molecule has 0 aliphatic heterocycles. The standard InChI is InChI=1S/C12H11FN4/c1-8-12(7-17(2)16-8)15-11-4-3-10(13)5-9(11)6-14/h3-5,7,15H,1-2H3. The molecule has 0 amide bonds. The number of anilines is 2. The maximum atomic E-state index is 13.0. The summed E-state index contributed by atoms with van der Waals surface area (Å²) in [6.45, 7) is 1.86. The molecule has 0 unspecified atom stereocenters. The zero-order chi connectivity index (χ0) is 12.4. The van der Waals surface area contributed by atoms with Gasteiger partial charge in [-0.25, -0.2) is 4.39 Å². The maximum absolute atomic E-state index is 13.0. The Morgan fingerprint density at radius 2 is 2.18 bits per heavy atom. The molecule has 0 atom stereocenters. The van der Waals surface area contributed by atoms with E-state index in [1.54, 1.807) is 16.9 Å². The molecule has 0 radical (unpaired) electrons. The summed E-state index contributed by atoms with van der Waals surface area (Å²) >= 11 is 0. The van der Waals surface area contributed by atoms with E-state index in [0.717, 1.165) is 11.4 Å². The molecule has 0 fully saturated rings.